The average molecular weight is 398 g/mol. The molecule has 0 bridgehead atoms. The SMILES string of the molecule is COCC1(CNC(=O)c2ccoc2CN2c3ccccc3CC2C)CCNCC1. The van der Waals surface area contributed by atoms with Crippen LogP contribution in [0.25, 0.3) is 0 Å². The average Bonchev–Trinajstić information content (AvgIpc) is 3.32. The van der Waals surface area contributed by atoms with Gasteiger partial charge in [0.2, 0.25) is 0 Å². The minimum Gasteiger partial charge on any atom is -0.467 e. The summed E-state index contributed by atoms with van der Waals surface area (Å²) in [6.45, 7) is 6.02. The summed E-state index contributed by atoms with van der Waals surface area (Å²) < 4.78 is 11.2. The van der Waals surface area contributed by atoms with Crippen LogP contribution in [0.15, 0.2) is 41.0 Å². The van der Waals surface area contributed by atoms with Gasteiger partial charge in [-0.05, 0) is 57.0 Å². The van der Waals surface area contributed by atoms with Gasteiger partial charge in [-0.25, -0.2) is 0 Å². The number of piperidine rings is 1. The summed E-state index contributed by atoms with van der Waals surface area (Å²) in [4.78, 5) is 15.3. The van der Waals surface area contributed by atoms with Crippen molar-refractivity contribution < 1.29 is 13.9 Å². The summed E-state index contributed by atoms with van der Waals surface area (Å²) in [5.74, 6) is 0.653. The molecule has 3 heterocycles. The van der Waals surface area contributed by atoms with Crippen LogP contribution < -0.4 is 15.5 Å². The Hall–Kier alpha value is -2.31. The number of carbonyl (C=O) groups is 1. The summed E-state index contributed by atoms with van der Waals surface area (Å²) in [5.41, 5.74) is 3.21. The second-order valence-electron chi connectivity index (χ2n) is 8.43. The van der Waals surface area contributed by atoms with Crippen LogP contribution in [0.4, 0.5) is 5.69 Å². The first-order valence-electron chi connectivity index (χ1n) is 10.5. The van der Waals surface area contributed by atoms with Crippen LogP contribution in [-0.4, -0.2) is 45.3 Å². The Kier molecular flexibility index (Phi) is 5.92. The zero-order chi connectivity index (χ0) is 20.3. The Labute approximate surface area is 172 Å². The van der Waals surface area contributed by atoms with Crippen molar-refractivity contribution in [2.24, 2.45) is 5.41 Å². The summed E-state index contributed by atoms with van der Waals surface area (Å²) in [5, 5.41) is 6.54. The minimum absolute atomic E-state index is 0.00195. The first-order chi connectivity index (χ1) is 14.1. The zero-order valence-corrected chi connectivity index (χ0v) is 17.4. The largest absolute Gasteiger partial charge is 0.467 e. The number of hydrogen-bond donors (Lipinski definition) is 2. The number of fused-ring (bicyclic) bond motifs is 1. The molecule has 1 aromatic carbocycles. The summed E-state index contributed by atoms with van der Waals surface area (Å²) in [7, 11) is 1.73. The van der Waals surface area contributed by atoms with E-state index in [1.54, 1.807) is 19.4 Å². The van der Waals surface area contributed by atoms with Gasteiger partial charge in [0.15, 0.2) is 0 Å². The van der Waals surface area contributed by atoms with Crippen molar-refractivity contribution in [2.75, 3.05) is 38.3 Å². The molecule has 0 radical (unpaired) electrons. The number of nitrogens with zero attached hydrogens (tertiary/aromatic N) is 1. The van der Waals surface area contributed by atoms with E-state index in [1.807, 2.05) is 0 Å². The summed E-state index contributed by atoms with van der Waals surface area (Å²) in [6, 6.07) is 10.6. The molecule has 4 rings (SSSR count). The Morgan fingerprint density at radius 1 is 1.31 bits per heavy atom. The van der Waals surface area contributed by atoms with E-state index in [2.05, 4.69) is 46.7 Å². The lowest BCUT2D eigenvalue weighted by atomic mass is 9.79. The van der Waals surface area contributed by atoms with Gasteiger partial charge in [-0.3, -0.25) is 4.79 Å². The van der Waals surface area contributed by atoms with Gasteiger partial charge in [0.25, 0.3) is 5.91 Å². The van der Waals surface area contributed by atoms with E-state index >= 15 is 0 Å². The van der Waals surface area contributed by atoms with Gasteiger partial charge in [-0.15, -0.1) is 0 Å². The number of benzene rings is 1. The lowest BCUT2D eigenvalue weighted by Gasteiger charge is -2.37. The molecule has 1 fully saturated rings. The van der Waals surface area contributed by atoms with E-state index in [0.717, 1.165) is 38.1 Å². The van der Waals surface area contributed by atoms with Crippen LogP contribution in [0.3, 0.4) is 0 Å². The summed E-state index contributed by atoms with van der Waals surface area (Å²) >= 11 is 0. The van der Waals surface area contributed by atoms with Crippen LogP contribution in [0.5, 0.6) is 0 Å². The van der Waals surface area contributed by atoms with Crippen LogP contribution in [0.1, 0.15) is 41.4 Å². The molecule has 1 unspecified atom stereocenters. The highest BCUT2D eigenvalue weighted by Gasteiger charge is 2.33. The molecule has 0 saturated carbocycles. The molecular formula is C23H31N3O3. The number of rotatable bonds is 7. The molecule has 2 aliphatic rings. The third kappa shape index (κ3) is 4.19. The highest BCUT2D eigenvalue weighted by molar-refractivity contribution is 5.95. The van der Waals surface area contributed by atoms with Crippen molar-refractivity contribution in [1.29, 1.82) is 0 Å². The van der Waals surface area contributed by atoms with E-state index < -0.39 is 0 Å². The number of carbonyl (C=O) groups excluding carboxylic acids is 1. The molecule has 1 atom stereocenters. The van der Waals surface area contributed by atoms with Crippen molar-refractivity contribution in [3.05, 3.63) is 53.5 Å². The molecule has 6 heteroatoms. The van der Waals surface area contributed by atoms with E-state index in [1.165, 1.54) is 11.3 Å². The Bertz CT molecular complexity index is 836. The molecule has 2 aliphatic heterocycles. The van der Waals surface area contributed by atoms with E-state index in [4.69, 9.17) is 9.15 Å². The molecule has 0 aliphatic carbocycles. The highest BCUT2D eigenvalue weighted by Crippen LogP contribution is 2.34. The molecule has 6 nitrogen and oxygen atoms in total. The first kappa shape index (κ1) is 20.0. The maximum Gasteiger partial charge on any atom is 0.254 e. The van der Waals surface area contributed by atoms with Crippen molar-refractivity contribution in [2.45, 2.75) is 38.8 Å². The molecule has 2 N–H and O–H groups in total. The highest BCUT2D eigenvalue weighted by atomic mass is 16.5. The number of amides is 1. The number of furan rings is 1. The number of anilines is 1. The molecular weight excluding hydrogens is 366 g/mol. The van der Waals surface area contributed by atoms with Gasteiger partial charge < -0.3 is 24.7 Å². The van der Waals surface area contributed by atoms with Crippen molar-refractivity contribution in [3.63, 3.8) is 0 Å². The van der Waals surface area contributed by atoms with Gasteiger partial charge >= 0.3 is 0 Å². The lowest BCUT2D eigenvalue weighted by molar-refractivity contribution is 0.0511. The predicted molar refractivity (Wildman–Crippen MR) is 113 cm³/mol. The smallest absolute Gasteiger partial charge is 0.254 e. The molecule has 1 amide bonds. The molecule has 0 spiro atoms. The van der Waals surface area contributed by atoms with Crippen LogP contribution in [0.2, 0.25) is 0 Å². The second kappa shape index (κ2) is 8.59. The quantitative estimate of drug-likeness (QED) is 0.752. The van der Waals surface area contributed by atoms with Crippen molar-refractivity contribution >= 4 is 11.6 Å². The fourth-order valence-electron chi connectivity index (χ4n) is 4.69. The van der Waals surface area contributed by atoms with Gasteiger partial charge in [0, 0.05) is 30.8 Å². The van der Waals surface area contributed by atoms with Gasteiger partial charge in [-0.2, -0.15) is 0 Å². The lowest BCUT2D eigenvalue weighted by Crippen LogP contribution is -2.47. The van der Waals surface area contributed by atoms with E-state index in [9.17, 15) is 4.79 Å². The normalized spacial score (nSPS) is 20.5. The third-order valence-electron chi connectivity index (χ3n) is 6.39. The fourth-order valence-corrected chi connectivity index (χ4v) is 4.69. The van der Waals surface area contributed by atoms with Crippen LogP contribution in [-0.2, 0) is 17.7 Å². The second-order valence-corrected chi connectivity index (χ2v) is 8.43. The molecule has 29 heavy (non-hydrogen) atoms. The topological polar surface area (TPSA) is 66.7 Å². The predicted octanol–water partition coefficient (Wildman–Crippen LogP) is 2.98. The number of hydrogen-bond acceptors (Lipinski definition) is 5. The minimum atomic E-state index is -0.0668. The Morgan fingerprint density at radius 3 is 2.90 bits per heavy atom. The number of methoxy groups -OCH3 is 1. The molecule has 156 valence electrons. The van der Waals surface area contributed by atoms with Gasteiger partial charge in [0.05, 0.1) is 25.0 Å². The number of para-hydroxylation sites is 1. The van der Waals surface area contributed by atoms with Crippen molar-refractivity contribution in [1.82, 2.24) is 10.6 Å². The van der Waals surface area contributed by atoms with E-state index in [-0.39, 0.29) is 11.3 Å². The summed E-state index contributed by atoms with van der Waals surface area (Å²) in [6.07, 6.45) is 4.64. The Balaban J connectivity index is 1.44. The molecule has 1 saturated heterocycles. The molecule has 2 aromatic rings. The maximum absolute atomic E-state index is 13.0. The first-order valence-corrected chi connectivity index (χ1v) is 10.5. The van der Waals surface area contributed by atoms with E-state index in [0.29, 0.717) is 31.3 Å². The monoisotopic (exact) mass is 397 g/mol. The van der Waals surface area contributed by atoms with Crippen molar-refractivity contribution in [3.8, 4) is 0 Å². The van der Waals surface area contributed by atoms with Gasteiger partial charge in [0.1, 0.15) is 5.76 Å². The third-order valence-corrected chi connectivity index (χ3v) is 6.39. The van der Waals surface area contributed by atoms with Crippen LogP contribution in [0, 0.1) is 5.41 Å². The van der Waals surface area contributed by atoms with Crippen LogP contribution >= 0.6 is 0 Å². The molecule has 1 aromatic heterocycles. The standard InChI is InChI=1S/C23H31N3O3/c1-17-13-18-5-3-4-6-20(18)26(17)14-21-19(7-12-29-21)22(27)25-15-23(16-28-2)8-10-24-11-9-23/h3-7,12,17,24H,8-11,13-16H2,1-2H3,(H,25,27). The Morgan fingerprint density at radius 2 is 2.10 bits per heavy atom. The number of ether oxygens (including phenoxy) is 1. The zero-order valence-electron chi connectivity index (χ0n) is 17.4. The fraction of sp³-hybridized carbons (Fsp3) is 0.522. The number of nitrogens with one attached hydrogen (secondary N) is 2. The maximum atomic E-state index is 13.0. The van der Waals surface area contributed by atoms with Gasteiger partial charge in [-0.1, -0.05) is 18.2 Å².